The molecule has 0 radical (unpaired) electrons. The van der Waals surface area contributed by atoms with Crippen molar-refractivity contribution in [3.8, 4) is 11.3 Å². The zero-order valence-electron chi connectivity index (χ0n) is 11.3. The van der Waals surface area contributed by atoms with Gasteiger partial charge in [0.05, 0.1) is 0 Å². The second kappa shape index (κ2) is 5.80. The van der Waals surface area contributed by atoms with Crippen molar-refractivity contribution in [3.63, 3.8) is 0 Å². The highest BCUT2D eigenvalue weighted by molar-refractivity contribution is 7.08. The molecule has 1 amide bonds. The van der Waals surface area contributed by atoms with E-state index in [1.807, 2.05) is 49.4 Å². The molecule has 1 N–H and O–H groups in total. The van der Waals surface area contributed by atoms with Crippen LogP contribution in [-0.4, -0.2) is 20.5 Å². The highest BCUT2D eigenvalue weighted by Gasteiger charge is 2.18. The fourth-order valence-electron chi connectivity index (χ4n) is 1.91. The molecule has 1 aromatic carbocycles. The molecule has 0 aliphatic rings. The van der Waals surface area contributed by atoms with Gasteiger partial charge in [0.25, 0.3) is 5.91 Å². The molecule has 2 aromatic heterocycles. The molecule has 2 heterocycles. The molecule has 0 saturated carbocycles. The molecule has 0 unspecified atom stereocenters. The predicted octanol–water partition coefficient (Wildman–Crippen LogP) is 3.16. The van der Waals surface area contributed by atoms with Crippen molar-refractivity contribution in [2.45, 2.75) is 6.92 Å². The van der Waals surface area contributed by atoms with Gasteiger partial charge >= 0.3 is 0 Å². The molecular weight excluding hydrogens is 284 g/mol. The average Bonchev–Trinajstić information content (AvgIpc) is 2.98. The Morgan fingerprint density at radius 1 is 1.10 bits per heavy atom. The summed E-state index contributed by atoms with van der Waals surface area (Å²) in [4.78, 5) is 17.1. The first-order valence-corrected chi connectivity index (χ1v) is 7.14. The summed E-state index contributed by atoms with van der Waals surface area (Å²) in [5.41, 5.74) is 2.30. The molecule has 5 nitrogen and oxygen atoms in total. The fraction of sp³-hybridized carbons (Fsp3) is 0.0667. The number of benzene rings is 1. The van der Waals surface area contributed by atoms with Gasteiger partial charge in [0.1, 0.15) is 16.4 Å². The summed E-state index contributed by atoms with van der Waals surface area (Å²) >= 11 is 1.08. The molecule has 21 heavy (non-hydrogen) atoms. The SMILES string of the molecule is Cc1cccc(NC(=O)c2snnc2-c2ccccc2)n1. The van der Waals surface area contributed by atoms with Crippen LogP contribution in [0.5, 0.6) is 0 Å². The molecule has 0 fully saturated rings. The minimum atomic E-state index is -0.248. The second-order valence-corrected chi connectivity index (χ2v) is 5.19. The molecule has 0 spiro atoms. The van der Waals surface area contributed by atoms with E-state index in [2.05, 4.69) is 19.9 Å². The van der Waals surface area contributed by atoms with Gasteiger partial charge in [-0.2, -0.15) is 0 Å². The number of hydrogen-bond donors (Lipinski definition) is 1. The van der Waals surface area contributed by atoms with Crippen molar-refractivity contribution in [2.75, 3.05) is 5.32 Å². The molecule has 0 bridgehead atoms. The summed E-state index contributed by atoms with van der Waals surface area (Å²) < 4.78 is 3.89. The minimum absolute atomic E-state index is 0.248. The van der Waals surface area contributed by atoms with Gasteiger partial charge in [0, 0.05) is 11.3 Å². The molecule has 3 aromatic rings. The zero-order chi connectivity index (χ0) is 14.7. The topological polar surface area (TPSA) is 67.8 Å². The normalized spacial score (nSPS) is 10.3. The Hall–Kier alpha value is -2.60. The van der Waals surface area contributed by atoms with E-state index in [1.54, 1.807) is 6.07 Å². The maximum Gasteiger partial charge on any atom is 0.270 e. The quantitative estimate of drug-likeness (QED) is 0.806. The van der Waals surface area contributed by atoms with E-state index in [1.165, 1.54) is 0 Å². The molecular formula is C15H12N4OS. The van der Waals surface area contributed by atoms with Crippen molar-refractivity contribution in [1.29, 1.82) is 0 Å². The number of rotatable bonds is 3. The van der Waals surface area contributed by atoms with E-state index in [9.17, 15) is 4.79 Å². The van der Waals surface area contributed by atoms with Gasteiger partial charge in [-0.25, -0.2) is 4.98 Å². The molecule has 0 aliphatic carbocycles. The zero-order valence-corrected chi connectivity index (χ0v) is 12.1. The third-order valence-electron chi connectivity index (χ3n) is 2.87. The summed E-state index contributed by atoms with van der Waals surface area (Å²) in [6.45, 7) is 1.87. The first-order valence-electron chi connectivity index (χ1n) is 6.37. The number of hydrogen-bond acceptors (Lipinski definition) is 5. The van der Waals surface area contributed by atoms with E-state index < -0.39 is 0 Å². The number of anilines is 1. The number of nitrogens with zero attached hydrogens (tertiary/aromatic N) is 3. The lowest BCUT2D eigenvalue weighted by molar-refractivity contribution is 0.103. The number of pyridine rings is 1. The first kappa shape index (κ1) is 13.4. The average molecular weight is 296 g/mol. The summed E-state index contributed by atoms with van der Waals surface area (Å²) in [6.07, 6.45) is 0. The van der Waals surface area contributed by atoms with Crippen LogP contribution in [0.4, 0.5) is 5.82 Å². The van der Waals surface area contributed by atoms with Crippen LogP contribution in [-0.2, 0) is 0 Å². The van der Waals surface area contributed by atoms with E-state index in [-0.39, 0.29) is 5.91 Å². The molecule has 104 valence electrons. The standard InChI is InChI=1S/C15H12N4OS/c1-10-6-5-9-12(16-10)17-15(20)14-13(18-19-21-14)11-7-3-2-4-8-11/h2-9H,1H3,(H,16,17,20). The minimum Gasteiger partial charge on any atom is -0.306 e. The Kier molecular flexibility index (Phi) is 3.70. The fourth-order valence-corrected chi connectivity index (χ4v) is 2.49. The number of aryl methyl sites for hydroxylation is 1. The Morgan fingerprint density at radius 3 is 2.67 bits per heavy atom. The summed E-state index contributed by atoms with van der Waals surface area (Å²) in [5, 5.41) is 6.83. The van der Waals surface area contributed by atoms with Crippen molar-refractivity contribution in [2.24, 2.45) is 0 Å². The molecule has 3 rings (SSSR count). The number of aromatic nitrogens is 3. The monoisotopic (exact) mass is 296 g/mol. The first-order chi connectivity index (χ1) is 10.2. The van der Waals surface area contributed by atoms with Crippen LogP contribution in [0.2, 0.25) is 0 Å². The number of carbonyl (C=O) groups excluding carboxylic acids is 1. The summed E-state index contributed by atoms with van der Waals surface area (Å²) in [7, 11) is 0. The lowest BCUT2D eigenvalue weighted by Gasteiger charge is -2.04. The van der Waals surface area contributed by atoms with Gasteiger partial charge < -0.3 is 5.32 Å². The van der Waals surface area contributed by atoms with Gasteiger partial charge in [-0.05, 0) is 30.6 Å². The highest BCUT2D eigenvalue weighted by Crippen LogP contribution is 2.24. The van der Waals surface area contributed by atoms with E-state index in [0.29, 0.717) is 16.4 Å². The van der Waals surface area contributed by atoms with Gasteiger partial charge in [0.15, 0.2) is 0 Å². The predicted molar refractivity (Wildman–Crippen MR) is 82.3 cm³/mol. The van der Waals surface area contributed by atoms with Crippen molar-refractivity contribution in [3.05, 3.63) is 59.1 Å². The van der Waals surface area contributed by atoms with Gasteiger partial charge in [0.2, 0.25) is 0 Å². The highest BCUT2D eigenvalue weighted by atomic mass is 32.1. The molecule has 0 aliphatic heterocycles. The van der Waals surface area contributed by atoms with Gasteiger partial charge in [-0.15, -0.1) is 5.10 Å². The van der Waals surface area contributed by atoms with E-state index in [0.717, 1.165) is 22.8 Å². The molecule has 0 atom stereocenters. The van der Waals surface area contributed by atoms with Crippen LogP contribution in [0.1, 0.15) is 15.4 Å². The number of amides is 1. The van der Waals surface area contributed by atoms with Gasteiger partial charge in [-0.3, -0.25) is 4.79 Å². The number of nitrogens with one attached hydrogen (secondary N) is 1. The maximum atomic E-state index is 12.4. The van der Waals surface area contributed by atoms with Crippen molar-refractivity contribution < 1.29 is 4.79 Å². The van der Waals surface area contributed by atoms with Crippen LogP contribution >= 0.6 is 11.5 Å². The summed E-state index contributed by atoms with van der Waals surface area (Å²) in [6, 6.07) is 15.0. The largest absolute Gasteiger partial charge is 0.306 e. The molecule has 6 heteroatoms. The Morgan fingerprint density at radius 2 is 1.90 bits per heavy atom. The lowest BCUT2D eigenvalue weighted by atomic mass is 10.1. The number of carbonyl (C=O) groups is 1. The lowest BCUT2D eigenvalue weighted by Crippen LogP contribution is -2.12. The third-order valence-corrected chi connectivity index (χ3v) is 3.60. The maximum absolute atomic E-state index is 12.4. The van der Waals surface area contributed by atoms with Gasteiger partial charge in [-0.1, -0.05) is 40.9 Å². The Bertz CT molecular complexity index is 770. The van der Waals surface area contributed by atoms with Crippen LogP contribution in [0.15, 0.2) is 48.5 Å². The second-order valence-electron chi connectivity index (χ2n) is 4.44. The summed E-state index contributed by atoms with van der Waals surface area (Å²) in [5.74, 6) is 0.273. The van der Waals surface area contributed by atoms with E-state index in [4.69, 9.17) is 0 Å². The molecule has 0 saturated heterocycles. The van der Waals surface area contributed by atoms with Crippen LogP contribution < -0.4 is 5.32 Å². The Balaban J connectivity index is 1.88. The third kappa shape index (κ3) is 2.95. The van der Waals surface area contributed by atoms with Crippen molar-refractivity contribution >= 4 is 23.3 Å². The van der Waals surface area contributed by atoms with Crippen LogP contribution in [0, 0.1) is 6.92 Å². The smallest absolute Gasteiger partial charge is 0.270 e. The van der Waals surface area contributed by atoms with Crippen molar-refractivity contribution in [1.82, 2.24) is 14.6 Å². The van der Waals surface area contributed by atoms with E-state index >= 15 is 0 Å². The van der Waals surface area contributed by atoms with Crippen LogP contribution in [0.3, 0.4) is 0 Å². The Labute approximate surface area is 125 Å². The van der Waals surface area contributed by atoms with Crippen LogP contribution in [0.25, 0.3) is 11.3 Å².